The topological polar surface area (TPSA) is 74.4 Å². The van der Waals surface area contributed by atoms with E-state index >= 15 is 0 Å². The van der Waals surface area contributed by atoms with Gasteiger partial charge in [-0.25, -0.2) is 0 Å². The maximum atomic E-state index is 13.4. The Morgan fingerprint density at radius 2 is 1.82 bits per heavy atom. The van der Waals surface area contributed by atoms with E-state index in [0.29, 0.717) is 18.0 Å². The smallest absolute Gasteiger partial charge is 0.244 e. The molecule has 2 aromatic carbocycles. The van der Waals surface area contributed by atoms with Crippen molar-refractivity contribution >= 4 is 28.4 Å². The Morgan fingerprint density at radius 3 is 2.50 bits per heavy atom. The molecule has 2 aliphatic carbocycles. The Balaban J connectivity index is 1.27. The summed E-state index contributed by atoms with van der Waals surface area (Å²) in [5.41, 5.74) is 4.43. The van der Waals surface area contributed by atoms with Gasteiger partial charge in [0.2, 0.25) is 11.8 Å². The Hall–Kier alpha value is -3.28. The van der Waals surface area contributed by atoms with Gasteiger partial charge in [0.05, 0.1) is 7.11 Å². The third-order valence-electron chi connectivity index (χ3n) is 7.70. The molecule has 0 spiro atoms. The van der Waals surface area contributed by atoms with E-state index in [0.717, 1.165) is 24.1 Å². The van der Waals surface area contributed by atoms with E-state index in [1.807, 2.05) is 6.07 Å². The second-order valence-corrected chi connectivity index (χ2v) is 10.3. The lowest BCUT2D eigenvalue weighted by atomic mass is 10.0. The molecule has 2 saturated carbocycles. The molecule has 0 saturated heterocycles. The molecule has 2 atom stereocenters. The van der Waals surface area contributed by atoms with E-state index in [4.69, 9.17) is 4.74 Å². The van der Waals surface area contributed by atoms with Crippen LogP contribution in [0.5, 0.6) is 5.75 Å². The Kier molecular flexibility index (Phi) is 5.62. The van der Waals surface area contributed by atoms with Crippen LogP contribution in [0.1, 0.15) is 50.3 Å². The molecule has 0 unspecified atom stereocenters. The zero-order chi connectivity index (χ0) is 24.0. The summed E-state index contributed by atoms with van der Waals surface area (Å²) in [4.78, 5) is 31.5. The number of para-hydroxylation sites is 1. The number of H-pyrrole nitrogens is 1. The monoisotopic (exact) mass is 459 g/mol. The van der Waals surface area contributed by atoms with Crippen molar-refractivity contribution in [2.45, 2.75) is 52.0 Å². The Labute approximate surface area is 200 Å². The molecule has 6 nitrogen and oxygen atoms in total. The van der Waals surface area contributed by atoms with Crippen molar-refractivity contribution in [3.05, 3.63) is 59.8 Å². The highest BCUT2D eigenvalue weighted by Gasteiger charge is 2.60. The summed E-state index contributed by atoms with van der Waals surface area (Å²) in [6.07, 6.45) is 2.42. The number of aryl methyl sites for hydroxylation is 1. The van der Waals surface area contributed by atoms with Crippen LogP contribution in [0.25, 0.3) is 10.9 Å². The highest BCUT2D eigenvalue weighted by Crippen LogP contribution is 2.67. The number of amides is 2. The van der Waals surface area contributed by atoms with Gasteiger partial charge in [-0.1, -0.05) is 32.0 Å². The van der Waals surface area contributed by atoms with Crippen LogP contribution < -0.4 is 10.1 Å². The van der Waals surface area contributed by atoms with E-state index in [1.54, 1.807) is 36.3 Å². The van der Waals surface area contributed by atoms with Gasteiger partial charge in [-0.2, -0.15) is 0 Å². The Bertz CT molecular complexity index is 1220. The van der Waals surface area contributed by atoms with Gasteiger partial charge in [0, 0.05) is 34.7 Å². The van der Waals surface area contributed by atoms with Gasteiger partial charge in [0.25, 0.3) is 0 Å². The molecule has 0 radical (unpaired) electrons. The van der Waals surface area contributed by atoms with E-state index in [-0.39, 0.29) is 35.7 Å². The number of nitrogens with zero attached hydrogens (tertiary/aromatic N) is 1. The lowest BCUT2D eigenvalue weighted by Gasteiger charge is -2.22. The normalized spacial score (nSPS) is 20.7. The fraction of sp³-hybridized carbons (Fsp3) is 0.429. The van der Waals surface area contributed by atoms with Crippen molar-refractivity contribution in [3.8, 4) is 5.75 Å². The molecule has 2 aliphatic rings. The summed E-state index contributed by atoms with van der Waals surface area (Å²) in [5, 5.41) is 4.17. The van der Waals surface area contributed by atoms with E-state index < -0.39 is 0 Å². The van der Waals surface area contributed by atoms with Gasteiger partial charge in [-0.3, -0.25) is 9.59 Å². The fourth-order valence-corrected chi connectivity index (χ4v) is 5.54. The van der Waals surface area contributed by atoms with Crippen molar-refractivity contribution in [3.63, 3.8) is 0 Å². The number of carbonyl (C=O) groups excluding carboxylic acids is 2. The van der Waals surface area contributed by atoms with Crippen LogP contribution in [0.3, 0.4) is 0 Å². The van der Waals surface area contributed by atoms with E-state index in [2.05, 4.69) is 49.3 Å². The summed E-state index contributed by atoms with van der Waals surface area (Å²) < 4.78 is 5.17. The number of fused-ring (bicyclic) bond motifs is 1. The number of hydrogen-bond acceptors (Lipinski definition) is 3. The number of aromatic amines is 1. The maximum absolute atomic E-state index is 13.4. The molecule has 2 amide bonds. The molecule has 1 aromatic heterocycles. The Morgan fingerprint density at radius 1 is 1.12 bits per heavy atom. The molecule has 0 bridgehead atoms. The number of anilines is 1. The molecule has 5 rings (SSSR count). The maximum Gasteiger partial charge on any atom is 0.244 e. The molecule has 0 aliphatic heterocycles. The highest BCUT2D eigenvalue weighted by atomic mass is 16.5. The highest BCUT2D eigenvalue weighted by molar-refractivity contribution is 5.95. The molecule has 2 N–H and O–H groups in total. The van der Waals surface area contributed by atoms with Crippen molar-refractivity contribution in [1.82, 2.24) is 9.88 Å². The van der Waals surface area contributed by atoms with Crippen LogP contribution in [0, 0.1) is 18.3 Å². The average molecular weight is 460 g/mol. The molecular formula is C28H33N3O3. The number of nitrogens with one attached hydrogen (secondary N) is 2. The number of rotatable bonds is 8. The van der Waals surface area contributed by atoms with Crippen LogP contribution in [0.4, 0.5) is 5.69 Å². The minimum atomic E-state index is -0.163. The number of benzene rings is 2. The van der Waals surface area contributed by atoms with Crippen LogP contribution in [-0.4, -0.2) is 41.4 Å². The predicted molar refractivity (Wildman–Crippen MR) is 134 cm³/mol. The lowest BCUT2D eigenvalue weighted by molar-refractivity contribution is -0.135. The first kappa shape index (κ1) is 22.5. The van der Waals surface area contributed by atoms with Crippen molar-refractivity contribution in [2.24, 2.45) is 11.3 Å². The minimum Gasteiger partial charge on any atom is -0.497 e. The van der Waals surface area contributed by atoms with Gasteiger partial charge in [-0.05, 0) is 72.9 Å². The van der Waals surface area contributed by atoms with Gasteiger partial charge in [0.15, 0.2) is 0 Å². The molecule has 6 heteroatoms. The van der Waals surface area contributed by atoms with Crippen LogP contribution in [-0.2, 0) is 9.59 Å². The predicted octanol–water partition coefficient (Wildman–Crippen LogP) is 5.24. The summed E-state index contributed by atoms with van der Waals surface area (Å²) in [6, 6.07) is 15.8. The number of methoxy groups -OCH3 is 1. The van der Waals surface area contributed by atoms with Gasteiger partial charge in [-0.15, -0.1) is 0 Å². The van der Waals surface area contributed by atoms with Gasteiger partial charge >= 0.3 is 0 Å². The largest absolute Gasteiger partial charge is 0.497 e. The van der Waals surface area contributed by atoms with Crippen molar-refractivity contribution in [2.75, 3.05) is 19.0 Å². The lowest BCUT2D eigenvalue weighted by Crippen LogP contribution is -2.39. The van der Waals surface area contributed by atoms with E-state index in [1.165, 1.54) is 16.6 Å². The molecule has 34 heavy (non-hydrogen) atoms. The third-order valence-corrected chi connectivity index (χ3v) is 7.70. The molecule has 2 fully saturated rings. The standard InChI is InChI=1S/C28H33N3O3/c1-17-26(21-7-5-6-8-23(21)29-17)27-22(28(27,2)3)15-25(33)31(19-11-12-19)16-24(32)30-18-9-13-20(34-4)14-10-18/h5-10,13-14,19,22,27,29H,11-12,15-16H2,1-4H3,(H,30,32)/t22-,27-/m1/s1. The minimum absolute atomic E-state index is 0.0476. The molecule has 3 aromatic rings. The zero-order valence-corrected chi connectivity index (χ0v) is 20.4. The van der Waals surface area contributed by atoms with E-state index in [9.17, 15) is 9.59 Å². The van der Waals surface area contributed by atoms with Crippen LogP contribution >= 0.6 is 0 Å². The SMILES string of the molecule is COc1ccc(NC(=O)CN(C(=O)C[C@@H]2[C@H](c3c(C)[nH]c4ccccc34)C2(C)C)C2CC2)cc1. The third kappa shape index (κ3) is 4.17. The number of hydrogen-bond donors (Lipinski definition) is 2. The molecule has 178 valence electrons. The van der Waals surface area contributed by atoms with Gasteiger partial charge in [0.1, 0.15) is 12.3 Å². The van der Waals surface area contributed by atoms with Crippen LogP contribution in [0.2, 0.25) is 0 Å². The fourth-order valence-electron chi connectivity index (χ4n) is 5.54. The first-order chi connectivity index (χ1) is 16.3. The first-order valence-electron chi connectivity index (χ1n) is 12.1. The van der Waals surface area contributed by atoms with Crippen LogP contribution in [0.15, 0.2) is 48.5 Å². The summed E-state index contributed by atoms with van der Waals surface area (Å²) in [7, 11) is 1.61. The second kappa shape index (κ2) is 8.49. The summed E-state index contributed by atoms with van der Waals surface area (Å²) in [5.74, 6) is 1.26. The number of aromatic nitrogens is 1. The quantitative estimate of drug-likeness (QED) is 0.483. The average Bonchev–Trinajstić information content (AvgIpc) is 3.70. The second-order valence-electron chi connectivity index (χ2n) is 10.3. The van der Waals surface area contributed by atoms with Crippen molar-refractivity contribution in [1.29, 1.82) is 0 Å². The first-order valence-corrected chi connectivity index (χ1v) is 12.1. The van der Waals surface area contributed by atoms with Crippen molar-refractivity contribution < 1.29 is 14.3 Å². The molecule has 1 heterocycles. The molecular weight excluding hydrogens is 426 g/mol. The zero-order valence-electron chi connectivity index (χ0n) is 20.4. The summed E-state index contributed by atoms with van der Waals surface area (Å²) in [6.45, 7) is 6.74. The summed E-state index contributed by atoms with van der Waals surface area (Å²) >= 11 is 0. The number of ether oxygens (including phenoxy) is 1. The number of carbonyl (C=O) groups is 2. The van der Waals surface area contributed by atoms with Gasteiger partial charge < -0.3 is 19.9 Å².